The highest BCUT2D eigenvalue weighted by atomic mass is 32.2. The molecule has 1 rings (SSSR count). The van der Waals surface area contributed by atoms with E-state index in [-0.39, 0.29) is 1.43 Å². The molecule has 1 N–H and O–H groups in total. The number of alkyl carbamates (subject to hydrolysis) is 1. The second kappa shape index (κ2) is 9.71. The van der Waals surface area contributed by atoms with Gasteiger partial charge in [0.25, 0.3) is 0 Å². The number of ether oxygens (including phenoxy) is 2. The summed E-state index contributed by atoms with van der Waals surface area (Å²) in [6.07, 6.45) is -0.428. The molecule has 0 unspecified atom stereocenters. The molecule has 5 nitrogen and oxygen atoms in total. The van der Waals surface area contributed by atoms with Crippen molar-refractivity contribution in [3.63, 3.8) is 0 Å². The average Bonchev–Trinajstić information content (AvgIpc) is 2.42. The van der Waals surface area contributed by atoms with Crippen molar-refractivity contribution in [1.82, 2.24) is 5.32 Å². The van der Waals surface area contributed by atoms with E-state index in [0.717, 1.165) is 4.90 Å². The lowest BCUT2D eigenvalue weighted by Crippen LogP contribution is -2.34. The molecule has 1 aromatic rings. The van der Waals surface area contributed by atoms with Gasteiger partial charge >= 0.3 is 6.09 Å². The molecule has 1 aromatic carbocycles. The lowest BCUT2D eigenvalue weighted by atomic mass is 10.2. The molecule has 0 radical (unpaired) electrons. The van der Waals surface area contributed by atoms with Gasteiger partial charge in [-0.3, -0.25) is 0 Å². The maximum absolute atomic E-state index is 11.4. The van der Waals surface area contributed by atoms with Crippen molar-refractivity contribution < 1.29 is 19.9 Å². The Morgan fingerprint density at radius 2 is 1.86 bits per heavy atom. The zero-order chi connectivity index (χ0) is 16.4. The molecule has 0 heterocycles. The van der Waals surface area contributed by atoms with Crippen molar-refractivity contribution >= 4 is 18.1 Å². The van der Waals surface area contributed by atoms with Crippen LogP contribution in [-0.2, 0) is 13.7 Å². The van der Waals surface area contributed by atoms with Crippen LogP contribution in [0.5, 0.6) is 0 Å². The van der Waals surface area contributed by atoms with Crippen molar-refractivity contribution in [2.75, 3.05) is 26.4 Å². The van der Waals surface area contributed by atoms with Gasteiger partial charge < -0.3 is 19.0 Å². The Morgan fingerprint density at radius 3 is 2.50 bits per heavy atom. The first-order valence-electron chi connectivity index (χ1n) is 7.27. The summed E-state index contributed by atoms with van der Waals surface area (Å²) in [5.41, 5.74) is 0.747. The minimum Gasteiger partial charge on any atom is -0.444 e. The number of amides is 1. The third-order valence-corrected chi connectivity index (χ3v) is 3.15. The third-order valence-electron chi connectivity index (χ3n) is 2.40. The molecule has 0 aliphatic heterocycles. The van der Waals surface area contributed by atoms with E-state index in [1.165, 1.54) is 17.6 Å². The normalized spacial score (nSPS) is 11.3. The predicted molar refractivity (Wildman–Crippen MR) is 90.2 cm³/mol. The van der Waals surface area contributed by atoms with E-state index < -0.39 is 11.7 Å². The molecule has 0 saturated heterocycles. The number of benzene rings is 1. The van der Waals surface area contributed by atoms with Crippen molar-refractivity contribution in [3.8, 4) is 0 Å². The molecule has 0 aromatic heterocycles. The number of rotatable bonds is 8. The summed E-state index contributed by atoms with van der Waals surface area (Å²) < 4.78 is 15.9. The Hall–Kier alpha value is -1.24. The Labute approximate surface area is 138 Å². The topological polar surface area (TPSA) is 56.8 Å². The maximum Gasteiger partial charge on any atom is 0.407 e. The molecule has 0 atom stereocenters. The van der Waals surface area contributed by atoms with Crippen LogP contribution in [0.4, 0.5) is 4.79 Å². The minimum absolute atomic E-state index is 0. The molecule has 0 aliphatic carbocycles. The summed E-state index contributed by atoms with van der Waals surface area (Å²) >= 11 is 1.33. The van der Waals surface area contributed by atoms with Crippen LogP contribution in [0.15, 0.2) is 29.2 Å². The van der Waals surface area contributed by atoms with Crippen molar-refractivity contribution in [2.45, 2.75) is 38.2 Å². The summed E-state index contributed by atoms with van der Waals surface area (Å²) in [7, 11) is 0. The van der Waals surface area contributed by atoms with Crippen LogP contribution >= 0.6 is 12.0 Å². The Bertz CT molecular complexity index is 448. The second-order valence-corrected chi connectivity index (χ2v) is 6.63. The van der Waals surface area contributed by atoms with Gasteiger partial charge in [0.1, 0.15) is 5.60 Å². The van der Waals surface area contributed by atoms with Gasteiger partial charge in [0.15, 0.2) is 0 Å². The average molecular weight is 329 g/mol. The highest BCUT2D eigenvalue weighted by Crippen LogP contribution is 2.18. The molecule has 0 spiro atoms. The first-order valence-corrected chi connectivity index (χ1v) is 8.02. The van der Waals surface area contributed by atoms with Crippen LogP contribution in [0.25, 0.3) is 0 Å². The van der Waals surface area contributed by atoms with Gasteiger partial charge in [-0.2, -0.15) is 0 Å². The fourth-order valence-corrected chi connectivity index (χ4v) is 1.97. The van der Waals surface area contributed by atoms with E-state index in [4.69, 9.17) is 13.7 Å². The summed E-state index contributed by atoms with van der Waals surface area (Å²) in [6.45, 7) is 9.34. The van der Waals surface area contributed by atoms with Crippen molar-refractivity contribution in [2.24, 2.45) is 0 Å². The zero-order valence-electron chi connectivity index (χ0n) is 13.7. The highest BCUT2D eigenvalue weighted by molar-refractivity contribution is 7.94. The van der Waals surface area contributed by atoms with E-state index in [2.05, 4.69) is 12.2 Å². The fourth-order valence-electron chi connectivity index (χ4n) is 1.44. The standard InChI is InChI=1S/C16H25NO4S.H2/c1-13-5-7-14(8-6-13)22-20-12-11-19-10-9-17-15(18)21-16(2,3)4;/h5-8H,9-12H2,1-4H3,(H,17,18);1H. The second-order valence-electron chi connectivity index (χ2n) is 5.76. The number of nitrogens with one attached hydrogen (secondary N) is 1. The molecule has 0 bridgehead atoms. The van der Waals surface area contributed by atoms with Crippen LogP contribution in [0.3, 0.4) is 0 Å². The third kappa shape index (κ3) is 9.65. The molecular formula is C16H27NO4S. The largest absolute Gasteiger partial charge is 0.444 e. The number of aryl methyl sites for hydroxylation is 1. The number of hydrogen-bond donors (Lipinski definition) is 1. The van der Waals surface area contributed by atoms with Gasteiger partial charge in [-0.15, -0.1) is 0 Å². The number of hydrogen-bond acceptors (Lipinski definition) is 5. The van der Waals surface area contributed by atoms with Gasteiger partial charge in [-0.05, 0) is 39.8 Å². The van der Waals surface area contributed by atoms with Gasteiger partial charge in [-0.25, -0.2) is 4.79 Å². The summed E-state index contributed by atoms with van der Waals surface area (Å²) in [4.78, 5) is 12.4. The smallest absolute Gasteiger partial charge is 0.407 e. The van der Waals surface area contributed by atoms with E-state index in [1.807, 2.05) is 45.0 Å². The van der Waals surface area contributed by atoms with Gasteiger partial charge in [-0.1, -0.05) is 17.7 Å². The first-order chi connectivity index (χ1) is 10.4. The van der Waals surface area contributed by atoms with E-state index in [0.29, 0.717) is 26.4 Å². The maximum atomic E-state index is 11.4. The molecule has 6 heteroatoms. The first kappa shape index (κ1) is 18.8. The van der Waals surface area contributed by atoms with Gasteiger partial charge in [0.05, 0.1) is 19.8 Å². The highest BCUT2D eigenvalue weighted by Gasteiger charge is 2.15. The molecule has 0 aliphatic rings. The molecular weight excluding hydrogens is 302 g/mol. The van der Waals surface area contributed by atoms with Gasteiger partial charge in [0, 0.05) is 24.9 Å². The predicted octanol–water partition coefficient (Wildman–Crippen LogP) is 3.81. The van der Waals surface area contributed by atoms with Crippen molar-refractivity contribution in [1.29, 1.82) is 0 Å². The van der Waals surface area contributed by atoms with E-state index >= 15 is 0 Å². The summed E-state index contributed by atoms with van der Waals surface area (Å²) in [6, 6.07) is 8.13. The molecule has 1 amide bonds. The fraction of sp³-hybridized carbons (Fsp3) is 0.562. The van der Waals surface area contributed by atoms with Crippen LogP contribution in [0, 0.1) is 6.92 Å². The van der Waals surface area contributed by atoms with Crippen molar-refractivity contribution in [3.05, 3.63) is 29.8 Å². The Balaban J connectivity index is 0.00000484. The van der Waals surface area contributed by atoms with Crippen LogP contribution in [0.2, 0.25) is 0 Å². The zero-order valence-corrected chi connectivity index (χ0v) is 14.5. The van der Waals surface area contributed by atoms with Crippen LogP contribution in [-0.4, -0.2) is 38.1 Å². The lowest BCUT2D eigenvalue weighted by molar-refractivity contribution is 0.0491. The Morgan fingerprint density at radius 1 is 1.18 bits per heavy atom. The van der Waals surface area contributed by atoms with E-state index in [1.54, 1.807) is 0 Å². The SMILES string of the molecule is Cc1ccc(SOCCOCCNC(=O)OC(C)(C)C)cc1.[HH]. The number of carbonyl (C=O) groups excluding carboxylic acids is 1. The summed E-state index contributed by atoms with van der Waals surface area (Å²) in [5.74, 6) is 0. The molecule has 126 valence electrons. The van der Waals surface area contributed by atoms with E-state index in [9.17, 15) is 4.79 Å². The minimum atomic E-state index is -0.480. The molecule has 0 fully saturated rings. The molecule has 0 saturated carbocycles. The monoisotopic (exact) mass is 329 g/mol. The van der Waals surface area contributed by atoms with Crippen LogP contribution in [0.1, 0.15) is 27.8 Å². The van der Waals surface area contributed by atoms with Crippen LogP contribution < -0.4 is 5.32 Å². The summed E-state index contributed by atoms with van der Waals surface area (Å²) in [5, 5.41) is 2.63. The quantitative estimate of drug-likeness (QED) is 0.580. The lowest BCUT2D eigenvalue weighted by Gasteiger charge is -2.19. The van der Waals surface area contributed by atoms with Gasteiger partial charge in [0.2, 0.25) is 0 Å². The number of carbonyl (C=O) groups is 1. The molecule has 22 heavy (non-hydrogen) atoms. The Kier molecular flexibility index (Phi) is 8.30.